The summed E-state index contributed by atoms with van der Waals surface area (Å²) in [6, 6.07) is 5.47. The van der Waals surface area contributed by atoms with Crippen molar-refractivity contribution in [1.82, 2.24) is 0 Å². The second-order valence-corrected chi connectivity index (χ2v) is 4.70. The lowest BCUT2D eigenvalue weighted by Crippen LogP contribution is -2.22. The molecular formula is C12H16N2O2. The fourth-order valence-corrected chi connectivity index (χ4v) is 1.98. The molecule has 0 saturated heterocycles. The number of benzene rings is 1. The van der Waals surface area contributed by atoms with E-state index in [0.29, 0.717) is 6.42 Å². The largest absolute Gasteiger partial charge is 0.325 e. The SMILES string of the molecule is Cc1cccc(CCC2(N)CC2)c1[N+](=O)[O-]. The number of nitrogens with two attached hydrogens (primary N) is 1. The summed E-state index contributed by atoms with van der Waals surface area (Å²) in [6.07, 6.45) is 3.64. The molecule has 0 aromatic heterocycles. The van der Waals surface area contributed by atoms with Gasteiger partial charge in [-0.1, -0.05) is 18.2 Å². The van der Waals surface area contributed by atoms with Crippen molar-refractivity contribution in [2.75, 3.05) is 0 Å². The highest BCUT2D eigenvalue weighted by molar-refractivity contribution is 5.47. The normalized spacial score (nSPS) is 17.1. The number of hydrogen-bond donors (Lipinski definition) is 1. The molecule has 4 heteroatoms. The molecule has 0 radical (unpaired) electrons. The molecule has 86 valence electrons. The molecule has 0 aliphatic heterocycles. The van der Waals surface area contributed by atoms with E-state index < -0.39 is 0 Å². The number of para-hydroxylation sites is 1. The summed E-state index contributed by atoms with van der Waals surface area (Å²) < 4.78 is 0. The number of aryl methyl sites for hydroxylation is 2. The maximum atomic E-state index is 11.0. The zero-order chi connectivity index (χ0) is 11.8. The minimum absolute atomic E-state index is 0.0440. The van der Waals surface area contributed by atoms with Crippen LogP contribution in [-0.2, 0) is 6.42 Å². The van der Waals surface area contributed by atoms with Gasteiger partial charge in [0, 0.05) is 16.7 Å². The van der Waals surface area contributed by atoms with Crippen LogP contribution in [0.1, 0.15) is 30.4 Å². The van der Waals surface area contributed by atoms with Gasteiger partial charge in [-0.05, 0) is 32.6 Å². The molecular weight excluding hydrogens is 204 g/mol. The first kappa shape index (κ1) is 11.1. The van der Waals surface area contributed by atoms with E-state index in [0.717, 1.165) is 30.4 Å². The predicted molar refractivity (Wildman–Crippen MR) is 62.3 cm³/mol. The third-order valence-electron chi connectivity index (χ3n) is 3.29. The third kappa shape index (κ3) is 2.22. The second-order valence-electron chi connectivity index (χ2n) is 4.70. The number of nitrogens with zero attached hydrogens (tertiary/aromatic N) is 1. The number of rotatable bonds is 4. The molecule has 1 saturated carbocycles. The molecule has 0 bridgehead atoms. The van der Waals surface area contributed by atoms with Crippen molar-refractivity contribution in [3.8, 4) is 0 Å². The lowest BCUT2D eigenvalue weighted by atomic mass is 10.0. The summed E-state index contributed by atoms with van der Waals surface area (Å²) >= 11 is 0. The Kier molecular flexibility index (Phi) is 2.68. The summed E-state index contributed by atoms with van der Waals surface area (Å²) in [5.74, 6) is 0. The van der Waals surface area contributed by atoms with Crippen molar-refractivity contribution in [3.05, 3.63) is 39.4 Å². The monoisotopic (exact) mass is 220 g/mol. The molecule has 1 fully saturated rings. The highest BCUT2D eigenvalue weighted by Crippen LogP contribution is 2.37. The average Bonchev–Trinajstić information content (AvgIpc) is 2.94. The average molecular weight is 220 g/mol. The lowest BCUT2D eigenvalue weighted by molar-refractivity contribution is -0.386. The Bertz CT molecular complexity index is 425. The third-order valence-corrected chi connectivity index (χ3v) is 3.29. The van der Waals surface area contributed by atoms with Gasteiger partial charge in [0.1, 0.15) is 0 Å². The van der Waals surface area contributed by atoms with Gasteiger partial charge in [-0.25, -0.2) is 0 Å². The molecule has 2 rings (SSSR count). The Balaban J connectivity index is 2.19. The van der Waals surface area contributed by atoms with Gasteiger partial charge >= 0.3 is 0 Å². The van der Waals surface area contributed by atoms with Gasteiger partial charge in [-0.3, -0.25) is 10.1 Å². The fraction of sp³-hybridized carbons (Fsp3) is 0.500. The molecule has 16 heavy (non-hydrogen) atoms. The number of nitro benzene ring substituents is 1. The highest BCUT2D eigenvalue weighted by atomic mass is 16.6. The zero-order valence-electron chi connectivity index (χ0n) is 9.40. The molecule has 1 aliphatic carbocycles. The molecule has 0 spiro atoms. The van der Waals surface area contributed by atoms with Gasteiger partial charge in [-0.15, -0.1) is 0 Å². The molecule has 4 nitrogen and oxygen atoms in total. The topological polar surface area (TPSA) is 69.2 Å². The van der Waals surface area contributed by atoms with E-state index in [1.807, 2.05) is 12.1 Å². The minimum Gasteiger partial charge on any atom is -0.325 e. The Morgan fingerprint density at radius 2 is 2.19 bits per heavy atom. The van der Waals surface area contributed by atoms with Crippen LogP contribution in [0.15, 0.2) is 18.2 Å². The number of hydrogen-bond acceptors (Lipinski definition) is 3. The van der Waals surface area contributed by atoms with Gasteiger partial charge in [0.25, 0.3) is 5.69 Å². The van der Waals surface area contributed by atoms with Crippen LogP contribution in [0.5, 0.6) is 0 Å². The quantitative estimate of drug-likeness (QED) is 0.625. The second kappa shape index (κ2) is 3.87. The van der Waals surface area contributed by atoms with Gasteiger partial charge < -0.3 is 5.73 Å². The molecule has 0 amide bonds. The minimum atomic E-state index is -0.291. The van der Waals surface area contributed by atoms with Crippen molar-refractivity contribution in [2.24, 2.45) is 5.73 Å². The maximum absolute atomic E-state index is 11.0. The van der Waals surface area contributed by atoms with E-state index in [4.69, 9.17) is 5.73 Å². The van der Waals surface area contributed by atoms with Crippen LogP contribution in [-0.4, -0.2) is 10.5 Å². The van der Waals surface area contributed by atoms with E-state index in [9.17, 15) is 10.1 Å². The fourth-order valence-electron chi connectivity index (χ4n) is 1.98. The van der Waals surface area contributed by atoms with Crippen LogP contribution in [0.4, 0.5) is 5.69 Å². The molecule has 1 aromatic carbocycles. The van der Waals surface area contributed by atoms with Crippen molar-refractivity contribution in [1.29, 1.82) is 0 Å². The molecule has 0 unspecified atom stereocenters. The van der Waals surface area contributed by atoms with E-state index in [1.54, 1.807) is 13.0 Å². The molecule has 1 aliphatic rings. The molecule has 0 atom stereocenters. The van der Waals surface area contributed by atoms with Crippen LogP contribution in [0.2, 0.25) is 0 Å². The van der Waals surface area contributed by atoms with Crippen LogP contribution in [0.25, 0.3) is 0 Å². The maximum Gasteiger partial charge on any atom is 0.275 e. The predicted octanol–water partition coefficient (Wildman–Crippen LogP) is 2.33. The van der Waals surface area contributed by atoms with Crippen LogP contribution < -0.4 is 5.73 Å². The van der Waals surface area contributed by atoms with Gasteiger partial charge in [-0.2, -0.15) is 0 Å². The van der Waals surface area contributed by atoms with E-state index in [1.165, 1.54) is 0 Å². The first-order valence-corrected chi connectivity index (χ1v) is 5.54. The van der Waals surface area contributed by atoms with Crippen LogP contribution in [0.3, 0.4) is 0 Å². The summed E-state index contributed by atoms with van der Waals surface area (Å²) in [7, 11) is 0. The Labute approximate surface area is 94.6 Å². The summed E-state index contributed by atoms with van der Waals surface area (Å²) in [4.78, 5) is 10.7. The van der Waals surface area contributed by atoms with Gasteiger partial charge in [0.15, 0.2) is 0 Å². The number of nitro groups is 1. The van der Waals surface area contributed by atoms with Crippen LogP contribution in [0, 0.1) is 17.0 Å². The lowest BCUT2D eigenvalue weighted by Gasteiger charge is -2.09. The Hall–Kier alpha value is -1.42. The Morgan fingerprint density at radius 1 is 1.50 bits per heavy atom. The first-order valence-electron chi connectivity index (χ1n) is 5.54. The zero-order valence-corrected chi connectivity index (χ0v) is 9.40. The highest BCUT2D eigenvalue weighted by Gasteiger charge is 2.37. The molecule has 1 aromatic rings. The van der Waals surface area contributed by atoms with E-state index in [-0.39, 0.29) is 16.1 Å². The van der Waals surface area contributed by atoms with Gasteiger partial charge in [0.05, 0.1) is 4.92 Å². The molecule has 2 N–H and O–H groups in total. The van der Waals surface area contributed by atoms with E-state index in [2.05, 4.69) is 0 Å². The van der Waals surface area contributed by atoms with Crippen molar-refractivity contribution >= 4 is 5.69 Å². The summed E-state index contributed by atoms with van der Waals surface area (Å²) in [6.45, 7) is 1.77. The summed E-state index contributed by atoms with van der Waals surface area (Å²) in [5, 5.41) is 11.0. The first-order chi connectivity index (χ1) is 7.52. The molecule has 0 heterocycles. The van der Waals surface area contributed by atoms with Crippen molar-refractivity contribution in [3.63, 3.8) is 0 Å². The Morgan fingerprint density at radius 3 is 2.75 bits per heavy atom. The van der Waals surface area contributed by atoms with Crippen molar-refractivity contribution in [2.45, 2.75) is 38.1 Å². The van der Waals surface area contributed by atoms with Gasteiger partial charge in [0.2, 0.25) is 0 Å². The summed E-state index contributed by atoms with van der Waals surface area (Å²) in [5.41, 5.74) is 7.73. The smallest absolute Gasteiger partial charge is 0.275 e. The van der Waals surface area contributed by atoms with Crippen molar-refractivity contribution < 1.29 is 4.92 Å². The van der Waals surface area contributed by atoms with E-state index >= 15 is 0 Å². The standard InChI is InChI=1S/C12H16N2O2/c1-9-3-2-4-10(11(9)14(15)16)5-6-12(13)7-8-12/h2-4H,5-8,13H2,1H3. The van der Waals surface area contributed by atoms with Crippen LogP contribution >= 0.6 is 0 Å².